The molecule has 0 aliphatic carbocycles. The van der Waals surface area contributed by atoms with Crippen molar-refractivity contribution < 1.29 is 0 Å². The summed E-state index contributed by atoms with van der Waals surface area (Å²) in [6.07, 6.45) is 2.42. The molecular weight excluding hydrogens is 338 g/mol. The van der Waals surface area contributed by atoms with Crippen LogP contribution in [0.5, 0.6) is 0 Å². The van der Waals surface area contributed by atoms with Gasteiger partial charge in [0.15, 0.2) is 0 Å². The minimum absolute atomic E-state index is 0.586. The molecule has 0 atom stereocenters. The Bertz CT molecular complexity index is 632. The normalized spacial score (nSPS) is 16.1. The molecule has 1 aliphatic heterocycles. The Morgan fingerprint density at radius 1 is 0.962 bits per heavy atom. The molecule has 3 nitrogen and oxygen atoms in total. The zero-order valence-corrected chi connectivity index (χ0v) is 16.8. The molecule has 1 fully saturated rings. The summed E-state index contributed by atoms with van der Waals surface area (Å²) in [5.74, 6) is 0. The predicted octanol–water partition coefficient (Wildman–Crippen LogP) is 5.11. The smallest absolute Gasteiger partial charge is 0.0343 e. The molecule has 140 valence electrons. The first-order valence-electron chi connectivity index (χ1n) is 9.82. The third kappa shape index (κ3) is 5.76. The molecule has 1 N–H and O–H groups in total. The van der Waals surface area contributed by atoms with Crippen LogP contribution in [-0.4, -0.2) is 41.4 Å². The van der Waals surface area contributed by atoms with Crippen molar-refractivity contribution in [2.75, 3.05) is 31.5 Å². The SMILES string of the molecule is CCN(CC)Sc1ccc(NC2CCN(Cc3ccccc3)CC2)cc1. The molecule has 0 spiro atoms. The number of rotatable bonds is 8. The lowest BCUT2D eigenvalue weighted by Crippen LogP contribution is -2.38. The summed E-state index contributed by atoms with van der Waals surface area (Å²) in [4.78, 5) is 3.88. The minimum Gasteiger partial charge on any atom is -0.382 e. The van der Waals surface area contributed by atoms with E-state index in [2.05, 4.69) is 83.0 Å². The number of hydrogen-bond acceptors (Lipinski definition) is 4. The first kappa shape index (κ1) is 19.3. The quantitative estimate of drug-likeness (QED) is 0.651. The molecule has 0 bridgehead atoms. The number of hydrogen-bond donors (Lipinski definition) is 1. The van der Waals surface area contributed by atoms with Crippen LogP contribution in [0.1, 0.15) is 32.3 Å². The van der Waals surface area contributed by atoms with E-state index < -0.39 is 0 Å². The van der Waals surface area contributed by atoms with Crippen LogP contribution in [0.3, 0.4) is 0 Å². The monoisotopic (exact) mass is 369 g/mol. The van der Waals surface area contributed by atoms with E-state index in [1.807, 2.05) is 11.9 Å². The van der Waals surface area contributed by atoms with Crippen molar-refractivity contribution >= 4 is 17.6 Å². The van der Waals surface area contributed by atoms with Gasteiger partial charge in [-0.3, -0.25) is 4.90 Å². The average Bonchev–Trinajstić information content (AvgIpc) is 2.70. The van der Waals surface area contributed by atoms with E-state index in [0.29, 0.717) is 6.04 Å². The predicted molar refractivity (Wildman–Crippen MR) is 114 cm³/mol. The summed E-state index contributed by atoms with van der Waals surface area (Å²) in [5, 5.41) is 3.72. The Balaban J connectivity index is 1.44. The van der Waals surface area contributed by atoms with E-state index >= 15 is 0 Å². The molecule has 0 radical (unpaired) electrons. The van der Waals surface area contributed by atoms with Gasteiger partial charge in [-0.2, -0.15) is 0 Å². The lowest BCUT2D eigenvalue weighted by Gasteiger charge is -2.33. The van der Waals surface area contributed by atoms with Crippen LogP contribution in [0.2, 0.25) is 0 Å². The van der Waals surface area contributed by atoms with Gasteiger partial charge in [-0.1, -0.05) is 44.2 Å². The molecule has 2 aromatic carbocycles. The summed E-state index contributed by atoms with van der Waals surface area (Å²) >= 11 is 1.84. The van der Waals surface area contributed by atoms with E-state index in [9.17, 15) is 0 Å². The molecular formula is C22H31N3S. The van der Waals surface area contributed by atoms with Crippen molar-refractivity contribution in [2.24, 2.45) is 0 Å². The van der Waals surface area contributed by atoms with Gasteiger partial charge in [0.2, 0.25) is 0 Å². The maximum absolute atomic E-state index is 3.72. The highest BCUT2D eigenvalue weighted by Crippen LogP contribution is 2.25. The minimum atomic E-state index is 0.586. The lowest BCUT2D eigenvalue weighted by molar-refractivity contribution is 0.211. The highest BCUT2D eigenvalue weighted by atomic mass is 32.2. The Hall–Kier alpha value is -1.49. The van der Waals surface area contributed by atoms with Crippen LogP contribution in [0.4, 0.5) is 5.69 Å². The van der Waals surface area contributed by atoms with E-state index in [4.69, 9.17) is 0 Å². The average molecular weight is 370 g/mol. The number of anilines is 1. The maximum atomic E-state index is 3.72. The van der Waals surface area contributed by atoms with Crippen molar-refractivity contribution in [3.05, 3.63) is 60.2 Å². The fourth-order valence-corrected chi connectivity index (χ4v) is 4.24. The Morgan fingerprint density at radius 2 is 1.62 bits per heavy atom. The second-order valence-corrected chi connectivity index (χ2v) is 8.08. The molecule has 26 heavy (non-hydrogen) atoms. The van der Waals surface area contributed by atoms with Gasteiger partial charge in [-0.05, 0) is 54.6 Å². The number of nitrogens with zero attached hydrogens (tertiary/aromatic N) is 2. The van der Waals surface area contributed by atoms with Crippen LogP contribution >= 0.6 is 11.9 Å². The summed E-state index contributed by atoms with van der Waals surface area (Å²) in [6, 6.07) is 20.3. The van der Waals surface area contributed by atoms with Crippen LogP contribution < -0.4 is 5.32 Å². The molecule has 2 aromatic rings. The lowest BCUT2D eigenvalue weighted by atomic mass is 10.0. The Kier molecular flexibility index (Phi) is 7.42. The number of nitrogens with one attached hydrogen (secondary N) is 1. The summed E-state index contributed by atoms with van der Waals surface area (Å²) < 4.78 is 2.37. The van der Waals surface area contributed by atoms with Gasteiger partial charge in [-0.15, -0.1) is 0 Å². The van der Waals surface area contributed by atoms with Gasteiger partial charge >= 0.3 is 0 Å². The van der Waals surface area contributed by atoms with Gasteiger partial charge in [0, 0.05) is 49.3 Å². The molecule has 1 saturated heterocycles. The van der Waals surface area contributed by atoms with E-state index in [1.54, 1.807) is 0 Å². The molecule has 0 aromatic heterocycles. The molecule has 0 saturated carbocycles. The molecule has 3 rings (SSSR count). The van der Waals surface area contributed by atoms with E-state index in [-0.39, 0.29) is 0 Å². The fraction of sp³-hybridized carbons (Fsp3) is 0.455. The van der Waals surface area contributed by atoms with Gasteiger partial charge in [0.25, 0.3) is 0 Å². The summed E-state index contributed by atoms with van der Waals surface area (Å²) in [7, 11) is 0. The van der Waals surface area contributed by atoms with Gasteiger partial charge in [0.1, 0.15) is 0 Å². The number of benzene rings is 2. The van der Waals surface area contributed by atoms with Gasteiger partial charge in [0.05, 0.1) is 0 Å². The van der Waals surface area contributed by atoms with E-state index in [0.717, 1.165) is 19.6 Å². The van der Waals surface area contributed by atoms with Crippen molar-refractivity contribution in [2.45, 2.75) is 44.2 Å². The summed E-state index contributed by atoms with van der Waals surface area (Å²) in [6.45, 7) is 9.97. The van der Waals surface area contributed by atoms with Crippen molar-refractivity contribution in [1.82, 2.24) is 9.21 Å². The van der Waals surface area contributed by atoms with Crippen LogP contribution in [0.15, 0.2) is 59.5 Å². The van der Waals surface area contributed by atoms with Crippen LogP contribution in [-0.2, 0) is 6.54 Å². The zero-order valence-electron chi connectivity index (χ0n) is 16.0. The number of likely N-dealkylation sites (tertiary alicyclic amines) is 1. The largest absolute Gasteiger partial charge is 0.382 e. The highest BCUT2D eigenvalue weighted by Gasteiger charge is 2.19. The highest BCUT2D eigenvalue weighted by molar-refractivity contribution is 7.97. The van der Waals surface area contributed by atoms with Gasteiger partial charge < -0.3 is 5.32 Å². The van der Waals surface area contributed by atoms with Crippen molar-refractivity contribution in [3.63, 3.8) is 0 Å². The standard InChI is InChI=1S/C22H31N3S/c1-3-25(4-2)26-22-12-10-20(11-13-22)23-21-14-16-24(17-15-21)18-19-8-6-5-7-9-19/h5-13,21,23H,3-4,14-18H2,1-2H3. The third-order valence-electron chi connectivity index (χ3n) is 5.00. The molecule has 1 aliphatic rings. The first-order valence-corrected chi connectivity index (χ1v) is 10.6. The molecule has 1 heterocycles. The Morgan fingerprint density at radius 3 is 2.23 bits per heavy atom. The zero-order chi connectivity index (χ0) is 18.2. The third-order valence-corrected chi connectivity index (χ3v) is 6.26. The Labute approximate surface area is 162 Å². The second kappa shape index (κ2) is 10.0. The van der Waals surface area contributed by atoms with Crippen LogP contribution in [0, 0.1) is 0 Å². The van der Waals surface area contributed by atoms with E-state index in [1.165, 1.54) is 42.1 Å². The summed E-state index contributed by atoms with van der Waals surface area (Å²) in [5.41, 5.74) is 2.66. The van der Waals surface area contributed by atoms with Crippen molar-refractivity contribution in [3.8, 4) is 0 Å². The van der Waals surface area contributed by atoms with Crippen LogP contribution in [0.25, 0.3) is 0 Å². The van der Waals surface area contributed by atoms with Crippen molar-refractivity contribution in [1.29, 1.82) is 0 Å². The second-order valence-electron chi connectivity index (χ2n) is 6.91. The fourth-order valence-electron chi connectivity index (χ4n) is 3.43. The molecule has 0 unspecified atom stereocenters. The molecule has 4 heteroatoms. The molecule has 0 amide bonds. The maximum Gasteiger partial charge on any atom is 0.0343 e. The first-order chi connectivity index (χ1) is 12.8. The van der Waals surface area contributed by atoms with Gasteiger partial charge in [-0.25, -0.2) is 4.31 Å². The topological polar surface area (TPSA) is 18.5 Å². The number of piperidine rings is 1.